The molecule has 0 amide bonds. The molecule has 2 atom stereocenters. The van der Waals surface area contributed by atoms with Crippen molar-refractivity contribution in [3.63, 3.8) is 0 Å². The van der Waals surface area contributed by atoms with Gasteiger partial charge in [-0.05, 0) is 38.9 Å². The fourth-order valence-electron chi connectivity index (χ4n) is 3.57. The van der Waals surface area contributed by atoms with E-state index in [9.17, 15) is 0 Å². The van der Waals surface area contributed by atoms with Crippen LogP contribution in [0.25, 0.3) is 0 Å². The van der Waals surface area contributed by atoms with Crippen LogP contribution in [-0.2, 0) is 0 Å². The van der Waals surface area contributed by atoms with E-state index in [-0.39, 0.29) is 0 Å². The number of rotatable bonds is 11. The van der Waals surface area contributed by atoms with Gasteiger partial charge in [-0.15, -0.1) is 0 Å². The minimum absolute atomic E-state index is 0.759. The second kappa shape index (κ2) is 11.6. The lowest BCUT2D eigenvalue weighted by atomic mass is 9.90. The SMILES string of the molecule is CCCCCCCCCCN1CCC(NC)C(CC)C1. The second-order valence-corrected chi connectivity index (χ2v) is 6.63. The van der Waals surface area contributed by atoms with Crippen LogP contribution in [0.5, 0.6) is 0 Å². The standard InChI is InChI=1S/C18H38N2/c1-4-6-7-8-9-10-11-12-14-20-15-13-18(19-3)17(5-2)16-20/h17-19H,4-16H2,1-3H3. The maximum absolute atomic E-state index is 3.50. The molecular formula is C18H38N2. The van der Waals surface area contributed by atoms with Crippen molar-refractivity contribution in [2.75, 3.05) is 26.7 Å². The van der Waals surface area contributed by atoms with Gasteiger partial charge in [0.05, 0.1) is 0 Å². The topological polar surface area (TPSA) is 15.3 Å². The highest BCUT2D eigenvalue weighted by molar-refractivity contribution is 4.83. The second-order valence-electron chi connectivity index (χ2n) is 6.63. The zero-order valence-electron chi connectivity index (χ0n) is 14.3. The molecule has 0 bridgehead atoms. The summed E-state index contributed by atoms with van der Waals surface area (Å²) in [5, 5.41) is 3.50. The first-order valence-electron chi connectivity index (χ1n) is 9.21. The lowest BCUT2D eigenvalue weighted by molar-refractivity contribution is 0.136. The van der Waals surface area contributed by atoms with E-state index in [0.717, 1.165) is 12.0 Å². The maximum Gasteiger partial charge on any atom is 0.0117 e. The Labute approximate surface area is 127 Å². The van der Waals surface area contributed by atoms with Gasteiger partial charge in [0.15, 0.2) is 0 Å². The maximum atomic E-state index is 3.50. The molecule has 0 aliphatic carbocycles. The van der Waals surface area contributed by atoms with Gasteiger partial charge in [0.25, 0.3) is 0 Å². The zero-order valence-corrected chi connectivity index (χ0v) is 14.3. The molecule has 0 aromatic carbocycles. The van der Waals surface area contributed by atoms with Gasteiger partial charge in [-0.2, -0.15) is 0 Å². The molecule has 1 saturated heterocycles. The lowest BCUT2D eigenvalue weighted by Gasteiger charge is -2.38. The number of nitrogens with one attached hydrogen (secondary N) is 1. The monoisotopic (exact) mass is 282 g/mol. The highest BCUT2D eigenvalue weighted by Gasteiger charge is 2.26. The van der Waals surface area contributed by atoms with E-state index in [1.165, 1.54) is 83.8 Å². The van der Waals surface area contributed by atoms with Crippen molar-refractivity contribution in [1.29, 1.82) is 0 Å². The Morgan fingerprint density at radius 2 is 1.60 bits per heavy atom. The van der Waals surface area contributed by atoms with Crippen LogP contribution in [0.3, 0.4) is 0 Å². The predicted molar refractivity (Wildman–Crippen MR) is 90.3 cm³/mol. The quantitative estimate of drug-likeness (QED) is 0.563. The van der Waals surface area contributed by atoms with Crippen molar-refractivity contribution < 1.29 is 0 Å². The van der Waals surface area contributed by atoms with Gasteiger partial charge in [0.1, 0.15) is 0 Å². The average Bonchev–Trinajstić information content (AvgIpc) is 2.49. The van der Waals surface area contributed by atoms with Crippen LogP contribution < -0.4 is 5.32 Å². The van der Waals surface area contributed by atoms with Crippen molar-refractivity contribution in [2.24, 2.45) is 5.92 Å². The average molecular weight is 283 g/mol. The summed E-state index contributed by atoms with van der Waals surface area (Å²) in [7, 11) is 2.13. The summed E-state index contributed by atoms with van der Waals surface area (Å²) in [6, 6.07) is 0.759. The van der Waals surface area contributed by atoms with Crippen LogP contribution in [0.4, 0.5) is 0 Å². The number of hydrogen-bond acceptors (Lipinski definition) is 2. The predicted octanol–water partition coefficient (Wildman–Crippen LogP) is 4.45. The third-order valence-corrected chi connectivity index (χ3v) is 5.04. The van der Waals surface area contributed by atoms with Crippen molar-refractivity contribution in [3.05, 3.63) is 0 Å². The molecule has 1 N–H and O–H groups in total. The van der Waals surface area contributed by atoms with Crippen LogP contribution >= 0.6 is 0 Å². The van der Waals surface area contributed by atoms with Crippen molar-refractivity contribution in [1.82, 2.24) is 10.2 Å². The summed E-state index contributed by atoms with van der Waals surface area (Å²) in [6.07, 6.45) is 14.1. The van der Waals surface area contributed by atoms with Crippen LogP contribution in [0.1, 0.15) is 78.1 Å². The van der Waals surface area contributed by atoms with Crippen LogP contribution in [-0.4, -0.2) is 37.6 Å². The summed E-state index contributed by atoms with van der Waals surface area (Å²) in [6.45, 7) is 8.59. The van der Waals surface area contributed by atoms with Gasteiger partial charge in [-0.25, -0.2) is 0 Å². The minimum Gasteiger partial charge on any atom is -0.317 e. The molecule has 2 unspecified atom stereocenters. The Kier molecular flexibility index (Phi) is 10.4. The molecule has 1 aliphatic heterocycles. The Bertz CT molecular complexity index is 217. The number of hydrogen-bond donors (Lipinski definition) is 1. The van der Waals surface area contributed by atoms with E-state index < -0.39 is 0 Å². The van der Waals surface area contributed by atoms with Gasteiger partial charge in [0, 0.05) is 12.6 Å². The number of unbranched alkanes of at least 4 members (excludes halogenated alkanes) is 7. The first kappa shape index (κ1) is 18.0. The molecule has 1 fully saturated rings. The molecule has 0 saturated carbocycles. The molecule has 2 heteroatoms. The summed E-state index contributed by atoms with van der Waals surface area (Å²) < 4.78 is 0. The van der Waals surface area contributed by atoms with E-state index >= 15 is 0 Å². The molecule has 1 aliphatic rings. The van der Waals surface area contributed by atoms with Gasteiger partial charge < -0.3 is 10.2 Å². The van der Waals surface area contributed by atoms with E-state index in [2.05, 4.69) is 31.1 Å². The first-order chi connectivity index (χ1) is 9.81. The van der Waals surface area contributed by atoms with Gasteiger partial charge >= 0.3 is 0 Å². The van der Waals surface area contributed by atoms with Crippen LogP contribution in [0.2, 0.25) is 0 Å². The number of likely N-dealkylation sites (tertiary alicyclic amines) is 1. The third kappa shape index (κ3) is 7.08. The zero-order chi connectivity index (χ0) is 14.6. The Morgan fingerprint density at radius 1 is 0.950 bits per heavy atom. The van der Waals surface area contributed by atoms with Crippen molar-refractivity contribution >= 4 is 0 Å². The van der Waals surface area contributed by atoms with Crippen molar-refractivity contribution in [2.45, 2.75) is 84.1 Å². The highest BCUT2D eigenvalue weighted by atomic mass is 15.1. The smallest absolute Gasteiger partial charge is 0.0117 e. The largest absolute Gasteiger partial charge is 0.317 e. The highest BCUT2D eigenvalue weighted by Crippen LogP contribution is 2.20. The van der Waals surface area contributed by atoms with Gasteiger partial charge in [0.2, 0.25) is 0 Å². The van der Waals surface area contributed by atoms with Gasteiger partial charge in [-0.1, -0.05) is 65.2 Å². The summed E-state index contributed by atoms with van der Waals surface area (Å²) >= 11 is 0. The normalized spacial score (nSPS) is 24.1. The molecule has 0 aromatic heterocycles. The summed E-state index contributed by atoms with van der Waals surface area (Å²) in [5.41, 5.74) is 0. The molecule has 120 valence electrons. The molecule has 0 aromatic rings. The molecule has 2 nitrogen and oxygen atoms in total. The van der Waals surface area contributed by atoms with Crippen LogP contribution in [0, 0.1) is 5.92 Å². The number of piperidine rings is 1. The molecule has 0 spiro atoms. The fraction of sp³-hybridized carbons (Fsp3) is 1.00. The van der Waals surface area contributed by atoms with E-state index in [1.807, 2.05) is 0 Å². The Balaban J connectivity index is 1.99. The molecule has 1 rings (SSSR count). The van der Waals surface area contributed by atoms with E-state index in [0.29, 0.717) is 0 Å². The number of nitrogens with zero attached hydrogens (tertiary/aromatic N) is 1. The molecule has 1 heterocycles. The molecule has 0 radical (unpaired) electrons. The Morgan fingerprint density at radius 3 is 2.20 bits per heavy atom. The van der Waals surface area contributed by atoms with Crippen molar-refractivity contribution in [3.8, 4) is 0 Å². The molecular weight excluding hydrogens is 244 g/mol. The third-order valence-electron chi connectivity index (χ3n) is 5.04. The summed E-state index contributed by atoms with van der Waals surface area (Å²) in [4.78, 5) is 2.71. The van der Waals surface area contributed by atoms with E-state index in [4.69, 9.17) is 0 Å². The van der Waals surface area contributed by atoms with E-state index in [1.54, 1.807) is 0 Å². The van der Waals surface area contributed by atoms with Gasteiger partial charge in [-0.3, -0.25) is 0 Å². The fourth-order valence-corrected chi connectivity index (χ4v) is 3.57. The summed E-state index contributed by atoms with van der Waals surface area (Å²) in [5.74, 6) is 0.864. The Hall–Kier alpha value is -0.0800. The minimum atomic E-state index is 0.759. The lowest BCUT2D eigenvalue weighted by Crippen LogP contribution is -2.48. The first-order valence-corrected chi connectivity index (χ1v) is 9.21. The molecule has 20 heavy (non-hydrogen) atoms. The van der Waals surface area contributed by atoms with Crippen LogP contribution in [0.15, 0.2) is 0 Å².